The maximum atomic E-state index is 12.9. The van der Waals surface area contributed by atoms with E-state index in [0.29, 0.717) is 18.1 Å². The van der Waals surface area contributed by atoms with E-state index in [4.69, 9.17) is 0 Å². The molecule has 0 fully saturated rings. The van der Waals surface area contributed by atoms with Crippen molar-refractivity contribution in [2.75, 3.05) is 24.3 Å². The largest absolute Gasteiger partial charge is 0.378 e. The van der Waals surface area contributed by atoms with Crippen LogP contribution in [0, 0.1) is 0 Å². The zero-order valence-corrected chi connectivity index (χ0v) is 17.6. The minimum atomic E-state index is -0.226. The van der Waals surface area contributed by atoms with Crippen molar-refractivity contribution >= 4 is 23.2 Å². The maximum Gasteiger partial charge on any atom is 0.258 e. The van der Waals surface area contributed by atoms with Crippen molar-refractivity contribution in [3.05, 3.63) is 89.7 Å². The summed E-state index contributed by atoms with van der Waals surface area (Å²) in [4.78, 5) is 23.7. The third-order valence-corrected chi connectivity index (χ3v) is 4.61. The predicted octanol–water partition coefficient (Wildman–Crippen LogP) is 4.11. The van der Waals surface area contributed by atoms with Crippen LogP contribution in [0.3, 0.4) is 0 Å². The first-order chi connectivity index (χ1) is 14.5. The summed E-state index contributed by atoms with van der Waals surface area (Å²) in [6.45, 7) is 2.47. The van der Waals surface area contributed by atoms with Gasteiger partial charge in [0.2, 0.25) is 5.96 Å². The van der Waals surface area contributed by atoms with Crippen LogP contribution in [0.5, 0.6) is 0 Å². The summed E-state index contributed by atoms with van der Waals surface area (Å²) >= 11 is 0. The van der Waals surface area contributed by atoms with E-state index in [-0.39, 0.29) is 5.91 Å². The van der Waals surface area contributed by atoms with Crippen molar-refractivity contribution < 1.29 is 4.79 Å². The fourth-order valence-electron chi connectivity index (χ4n) is 2.83. The van der Waals surface area contributed by atoms with Crippen LogP contribution in [-0.2, 0) is 13.0 Å². The Kier molecular flexibility index (Phi) is 7.16. The number of carbonyl (C=O) groups excluding carboxylic acids is 1. The Morgan fingerprint density at radius 1 is 1.03 bits per heavy atom. The van der Waals surface area contributed by atoms with Gasteiger partial charge in [-0.1, -0.05) is 31.2 Å². The molecule has 0 aliphatic carbocycles. The Labute approximate surface area is 177 Å². The number of carbonyl (C=O) groups is 1. The summed E-state index contributed by atoms with van der Waals surface area (Å²) < 4.78 is 0. The standard InChI is InChI=1S/C24H27N5O/c1-4-18-11-13-20(14-12-18)27-24(26-17-21-9-5-6-15-25-21)28-23(30)19-8-7-10-22(16-19)29(2)3/h5-16H,4,17H2,1-3H3,(H2,26,27,28,30). The number of anilines is 2. The molecule has 1 heterocycles. The van der Waals surface area contributed by atoms with Crippen LogP contribution in [0.1, 0.15) is 28.5 Å². The molecule has 0 aliphatic rings. The van der Waals surface area contributed by atoms with Crippen molar-refractivity contribution in [3.63, 3.8) is 0 Å². The number of rotatable bonds is 6. The van der Waals surface area contributed by atoms with Gasteiger partial charge in [0.25, 0.3) is 5.91 Å². The van der Waals surface area contributed by atoms with Crippen LogP contribution in [0.15, 0.2) is 77.9 Å². The van der Waals surface area contributed by atoms with Crippen LogP contribution < -0.4 is 15.5 Å². The molecule has 0 unspecified atom stereocenters. The average molecular weight is 402 g/mol. The summed E-state index contributed by atoms with van der Waals surface area (Å²) in [6.07, 6.45) is 2.70. The van der Waals surface area contributed by atoms with Crippen LogP contribution in [0.2, 0.25) is 0 Å². The van der Waals surface area contributed by atoms with Gasteiger partial charge in [-0.3, -0.25) is 15.1 Å². The van der Waals surface area contributed by atoms with E-state index in [1.165, 1.54) is 5.56 Å². The number of aliphatic imine (C=N–C) groups is 1. The molecule has 0 radical (unpaired) electrons. The fraction of sp³-hybridized carbons (Fsp3) is 0.208. The number of pyridine rings is 1. The topological polar surface area (TPSA) is 69.6 Å². The molecular formula is C24H27N5O. The zero-order valence-electron chi connectivity index (χ0n) is 17.6. The number of aromatic nitrogens is 1. The third-order valence-electron chi connectivity index (χ3n) is 4.61. The Bertz CT molecular complexity index is 998. The number of benzene rings is 2. The van der Waals surface area contributed by atoms with Crippen molar-refractivity contribution in [1.29, 1.82) is 0 Å². The fourth-order valence-corrected chi connectivity index (χ4v) is 2.83. The quantitative estimate of drug-likeness (QED) is 0.482. The van der Waals surface area contributed by atoms with Gasteiger partial charge in [-0.2, -0.15) is 0 Å². The van der Waals surface area contributed by atoms with E-state index in [2.05, 4.69) is 39.7 Å². The van der Waals surface area contributed by atoms with Crippen LogP contribution >= 0.6 is 0 Å². The first-order valence-electron chi connectivity index (χ1n) is 9.94. The van der Waals surface area contributed by atoms with Crippen LogP contribution in [0.25, 0.3) is 0 Å². The number of hydrogen-bond donors (Lipinski definition) is 2. The molecular weight excluding hydrogens is 374 g/mol. The molecule has 0 atom stereocenters. The molecule has 2 aromatic carbocycles. The summed E-state index contributed by atoms with van der Waals surface area (Å²) in [5.41, 5.74) is 4.45. The molecule has 0 saturated carbocycles. The van der Waals surface area contributed by atoms with Gasteiger partial charge >= 0.3 is 0 Å². The molecule has 6 nitrogen and oxygen atoms in total. The first kappa shape index (κ1) is 21.0. The van der Waals surface area contributed by atoms with Crippen molar-refractivity contribution in [3.8, 4) is 0 Å². The first-order valence-corrected chi connectivity index (χ1v) is 9.94. The molecule has 1 aromatic heterocycles. The lowest BCUT2D eigenvalue weighted by molar-refractivity contribution is 0.0977. The second kappa shape index (κ2) is 10.2. The Balaban J connectivity index is 1.80. The van der Waals surface area contributed by atoms with Gasteiger partial charge in [-0.05, 0) is 54.4 Å². The minimum absolute atomic E-state index is 0.226. The molecule has 3 aromatic rings. The average Bonchev–Trinajstić information content (AvgIpc) is 2.78. The van der Waals surface area contributed by atoms with Gasteiger partial charge in [0, 0.05) is 37.2 Å². The molecule has 6 heteroatoms. The number of aryl methyl sites for hydroxylation is 1. The van der Waals surface area contributed by atoms with Gasteiger partial charge in [-0.15, -0.1) is 0 Å². The Morgan fingerprint density at radius 2 is 1.83 bits per heavy atom. The number of amides is 1. The summed E-state index contributed by atoms with van der Waals surface area (Å²) in [7, 11) is 3.89. The van der Waals surface area contributed by atoms with Crippen molar-refractivity contribution in [1.82, 2.24) is 10.3 Å². The number of nitrogens with zero attached hydrogens (tertiary/aromatic N) is 3. The van der Waals surface area contributed by atoms with E-state index in [0.717, 1.165) is 23.5 Å². The lowest BCUT2D eigenvalue weighted by atomic mass is 10.1. The smallest absolute Gasteiger partial charge is 0.258 e. The van der Waals surface area contributed by atoms with Crippen molar-refractivity contribution in [2.24, 2.45) is 4.99 Å². The highest BCUT2D eigenvalue weighted by Crippen LogP contribution is 2.14. The third kappa shape index (κ3) is 5.91. The summed E-state index contributed by atoms with van der Waals surface area (Å²) in [5.74, 6) is 0.154. The molecule has 0 spiro atoms. The second-order valence-electron chi connectivity index (χ2n) is 7.06. The Hall–Kier alpha value is -3.67. The van der Waals surface area contributed by atoms with E-state index in [1.54, 1.807) is 12.3 Å². The van der Waals surface area contributed by atoms with Gasteiger partial charge < -0.3 is 10.2 Å². The molecule has 154 valence electrons. The van der Waals surface area contributed by atoms with Crippen LogP contribution in [-0.4, -0.2) is 30.9 Å². The predicted molar refractivity (Wildman–Crippen MR) is 123 cm³/mol. The maximum absolute atomic E-state index is 12.9. The van der Waals surface area contributed by atoms with Gasteiger partial charge in [0.05, 0.1) is 12.2 Å². The molecule has 0 aliphatic heterocycles. The molecule has 0 saturated heterocycles. The van der Waals surface area contributed by atoms with E-state index in [9.17, 15) is 4.79 Å². The lowest BCUT2D eigenvalue weighted by Gasteiger charge is -2.15. The normalized spacial score (nSPS) is 11.1. The van der Waals surface area contributed by atoms with Gasteiger partial charge in [-0.25, -0.2) is 4.99 Å². The SMILES string of the molecule is CCc1ccc(NC(=NCc2ccccn2)NC(=O)c2cccc(N(C)C)c2)cc1. The number of nitrogens with one attached hydrogen (secondary N) is 2. The molecule has 1 amide bonds. The van der Waals surface area contributed by atoms with E-state index < -0.39 is 0 Å². The highest BCUT2D eigenvalue weighted by atomic mass is 16.1. The molecule has 3 rings (SSSR count). The molecule has 0 bridgehead atoms. The number of hydrogen-bond acceptors (Lipinski definition) is 4. The lowest BCUT2D eigenvalue weighted by Crippen LogP contribution is -2.36. The van der Waals surface area contributed by atoms with E-state index in [1.807, 2.05) is 67.5 Å². The monoisotopic (exact) mass is 401 g/mol. The van der Waals surface area contributed by atoms with E-state index >= 15 is 0 Å². The summed E-state index contributed by atoms with van der Waals surface area (Å²) in [5, 5.41) is 6.12. The molecule has 30 heavy (non-hydrogen) atoms. The molecule has 2 N–H and O–H groups in total. The second-order valence-corrected chi connectivity index (χ2v) is 7.06. The van der Waals surface area contributed by atoms with Gasteiger partial charge in [0.15, 0.2) is 0 Å². The zero-order chi connectivity index (χ0) is 21.3. The minimum Gasteiger partial charge on any atom is -0.378 e. The van der Waals surface area contributed by atoms with Crippen molar-refractivity contribution in [2.45, 2.75) is 19.9 Å². The number of guanidine groups is 1. The highest BCUT2D eigenvalue weighted by Gasteiger charge is 2.11. The highest BCUT2D eigenvalue weighted by molar-refractivity contribution is 6.10. The Morgan fingerprint density at radius 3 is 2.50 bits per heavy atom. The summed E-state index contributed by atoms with van der Waals surface area (Å²) in [6, 6.07) is 21.2. The van der Waals surface area contributed by atoms with Crippen LogP contribution in [0.4, 0.5) is 11.4 Å². The van der Waals surface area contributed by atoms with Gasteiger partial charge in [0.1, 0.15) is 0 Å².